The van der Waals surface area contributed by atoms with Crippen molar-refractivity contribution in [2.24, 2.45) is 5.92 Å². The van der Waals surface area contributed by atoms with Gasteiger partial charge >= 0.3 is 7.12 Å². The molecule has 0 amide bonds. The third-order valence-electron chi connectivity index (χ3n) is 4.71. The first-order valence-corrected chi connectivity index (χ1v) is 7.94. The van der Waals surface area contributed by atoms with Crippen LogP contribution in [0, 0.1) is 11.7 Å². The Labute approximate surface area is 133 Å². The summed E-state index contributed by atoms with van der Waals surface area (Å²) in [6, 6.07) is 4.86. The molecule has 0 aromatic heterocycles. The molecule has 3 nitrogen and oxygen atoms in total. The van der Waals surface area contributed by atoms with E-state index in [2.05, 4.69) is 13.8 Å². The van der Waals surface area contributed by atoms with Crippen LogP contribution in [-0.2, 0) is 9.31 Å². The van der Waals surface area contributed by atoms with Gasteiger partial charge in [-0.3, -0.25) is 0 Å². The van der Waals surface area contributed by atoms with Gasteiger partial charge in [0.05, 0.1) is 17.8 Å². The molecule has 0 N–H and O–H groups in total. The lowest BCUT2D eigenvalue weighted by molar-refractivity contribution is 0.00578. The highest BCUT2D eigenvalue weighted by molar-refractivity contribution is 6.62. The van der Waals surface area contributed by atoms with E-state index in [1.165, 1.54) is 6.07 Å². The zero-order chi connectivity index (χ0) is 16.5. The number of benzene rings is 1. The van der Waals surface area contributed by atoms with Crippen LogP contribution < -0.4 is 10.2 Å². The molecule has 1 aliphatic rings. The Morgan fingerprint density at radius 1 is 1.18 bits per heavy atom. The zero-order valence-electron chi connectivity index (χ0n) is 14.4. The Morgan fingerprint density at radius 2 is 1.77 bits per heavy atom. The summed E-state index contributed by atoms with van der Waals surface area (Å²) in [6.45, 7) is 12.6. The first-order chi connectivity index (χ1) is 10.2. The van der Waals surface area contributed by atoms with E-state index in [1.54, 1.807) is 12.1 Å². The van der Waals surface area contributed by atoms with Gasteiger partial charge in [0.1, 0.15) is 11.6 Å². The summed E-state index contributed by atoms with van der Waals surface area (Å²) in [5, 5.41) is 0. The Morgan fingerprint density at radius 3 is 2.27 bits per heavy atom. The monoisotopic (exact) mass is 308 g/mol. The van der Waals surface area contributed by atoms with Gasteiger partial charge in [0.2, 0.25) is 0 Å². The fraction of sp³-hybridized carbons (Fsp3) is 0.647. The summed E-state index contributed by atoms with van der Waals surface area (Å²) < 4.78 is 31.8. The van der Waals surface area contributed by atoms with E-state index in [1.807, 2.05) is 27.7 Å². The van der Waals surface area contributed by atoms with Crippen molar-refractivity contribution in [2.45, 2.75) is 59.2 Å². The van der Waals surface area contributed by atoms with Crippen molar-refractivity contribution in [3.63, 3.8) is 0 Å². The lowest BCUT2D eigenvalue weighted by Crippen LogP contribution is -2.41. The van der Waals surface area contributed by atoms with Gasteiger partial charge in [-0.1, -0.05) is 26.3 Å². The molecule has 1 aliphatic heterocycles. The minimum atomic E-state index is -0.686. The number of hydrogen-bond acceptors (Lipinski definition) is 3. The molecule has 0 unspecified atom stereocenters. The highest BCUT2D eigenvalue weighted by atomic mass is 19.1. The smallest absolute Gasteiger partial charge is 0.493 e. The highest BCUT2D eigenvalue weighted by Gasteiger charge is 2.52. The summed E-state index contributed by atoms with van der Waals surface area (Å²) in [5.41, 5.74) is -0.541. The fourth-order valence-electron chi connectivity index (χ4n) is 2.12. The van der Waals surface area contributed by atoms with Gasteiger partial charge in [-0.05, 0) is 39.7 Å². The van der Waals surface area contributed by atoms with E-state index < -0.39 is 18.3 Å². The third-order valence-corrected chi connectivity index (χ3v) is 4.71. The van der Waals surface area contributed by atoms with Crippen molar-refractivity contribution < 1.29 is 18.4 Å². The maximum absolute atomic E-state index is 14.4. The second kappa shape index (κ2) is 6.21. The molecular weight excluding hydrogens is 282 g/mol. The first kappa shape index (κ1) is 17.3. The van der Waals surface area contributed by atoms with E-state index in [0.717, 1.165) is 6.42 Å². The lowest BCUT2D eigenvalue weighted by Gasteiger charge is -2.32. The number of rotatable bonds is 5. The van der Waals surface area contributed by atoms with Crippen LogP contribution in [-0.4, -0.2) is 24.9 Å². The van der Waals surface area contributed by atoms with Crippen molar-refractivity contribution in [1.29, 1.82) is 0 Å². The zero-order valence-corrected chi connectivity index (χ0v) is 14.4. The molecule has 0 saturated carbocycles. The minimum absolute atomic E-state index is 0.361. The molecule has 1 saturated heterocycles. The van der Waals surface area contributed by atoms with Crippen molar-refractivity contribution >= 4 is 12.6 Å². The van der Waals surface area contributed by atoms with Crippen LogP contribution in [0.25, 0.3) is 0 Å². The topological polar surface area (TPSA) is 27.7 Å². The molecule has 22 heavy (non-hydrogen) atoms. The molecule has 0 aliphatic carbocycles. The quantitative estimate of drug-likeness (QED) is 0.779. The highest BCUT2D eigenvalue weighted by Crippen LogP contribution is 2.36. The van der Waals surface area contributed by atoms with Gasteiger partial charge < -0.3 is 14.0 Å². The molecule has 0 bridgehead atoms. The summed E-state index contributed by atoms with van der Waals surface area (Å²) in [7, 11) is -0.686. The van der Waals surface area contributed by atoms with Gasteiger partial charge in [0.25, 0.3) is 0 Å². The molecule has 1 aromatic rings. The van der Waals surface area contributed by atoms with Crippen molar-refractivity contribution in [2.75, 3.05) is 6.61 Å². The summed E-state index contributed by atoms with van der Waals surface area (Å²) in [4.78, 5) is 0. The molecular formula is C17H26BFO3. The second-order valence-electron chi connectivity index (χ2n) is 7.10. The van der Waals surface area contributed by atoms with Crippen LogP contribution in [0.2, 0.25) is 0 Å². The Balaban J connectivity index is 2.11. The maximum Gasteiger partial charge on any atom is 0.497 e. The number of hydrogen-bond donors (Lipinski definition) is 0. The van der Waals surface area contributed by atoms with Gasteiger partial charge in [-0.2, -0.15) is 0 Å². The van der Waals surface area contributed by atoms with Crippen LogP contribution in [0.4, 0.5) is 4.39 Å². The Bertz CT molecular complexity index is 515. The summed E-state index contributed by atoms with van der Waals surface area (Å²) in [5.74, 6) is 0.629. The van der Waals surface area contributed by atoms with Crippen molar-refractivity contribution in [1.82, 2.24) is 0 Å². The molecule has 1 atom stereocenters. The lowest BCUT2D eigenvalue weighted by atomic mass is 9.78. The molecule has 1 aromatic carbocycles. The first-order valence-electron chi connectivity index (χ1n) is 7.94. The predicted octanol–water partition coefficient (Wildman–Crippen LogP) is 3.55. The predicted molar refractivity (Wildman–Crippen MR) is 87.1 cm³/mol. The molecule has 0 spiro atoms. The maximum atomic E-state index is 14.4. The molecule has 1 heterocycles. The van der Waals surface area contributed by atoms with Crippen LogP contribution in [0.15, 0.2) is 18.2 Å². The fourth-order valence-corrected chi connectivity index (χ4v) is 2.12. The molecule has 2 rings (SSSR count). The Hall–Kier alpha value is -1.07. The minimum Gasteiger partial charge on any atom is -0.493 e. The molecule has 122 valence electrons. The van der Waals surface area contributed by atoms with E-state index in [0.29, 0.717) is 23.7 Å². The van der Waals surface area contributed by atoms with Crippen molar-refractivity contribution in [3.05, 3.63) is 24.0 Å². The van der Waals surface area contributed by atoms with Crippen LogP contribution in [0.5, 0.6) is 5.75 Å². The van der Waals surface area contributed by atoms with Gasteiger partial charge in [-0.15, -0.1) is 0 Å². The standard InChI is InChI=1S/C17H26BFO3/c1-7-12(2)11-20-13-8-9-14(15(19)10-13)18-21-16(3,4)17(5,6)22-18/h8-10,12H,7,11H2,1-6H3/t12-/m0/s1. The normalized spacial score (nSPS) is 21.0. The summed E-state index contributed by atoms with van der Waals surface area (Å²) in [6.07, 6.45) is 1.04. The van der Waals surface area contributed by atoms with E-state index in [9.17, 15) is 4.39 Å². The summed E-state index contributed by atoms with van der Waals surface area (Å²) >= 11 is 0. The third kappa shape index (κ3) is 3.46. The molecule has 1 fully saturated rings. The molecule has 0 radical (unpaired) electrons. The molecule has 5 heteroatoms. The average Bonchev–Trinajstić information content (AvgIpc) is 2.64. The van der Waals surface area contributed by atoms with Gasteiger partial charge in [-0.25, -0.2) is 4.39 Å². The number of halogens is 1. The van der Waals surface area contributed by atoms with Crippen LogP contribution >= 0.6 is 0 Å². The van der Waals surface area contributed by atoms with E-state index in [4.69, 9.17) is 14.0 Å². The van der Waals surface area contributed by atoms with Crippen LogP contribution in [0.1, 0.15) is 48.0 Å². The van der Waals surface area contributed by atoms with Crippen LogP contribution in [0.3, 0.4) is 0 Å². The van der Waals surface area contributed by atoms with Gasteiger partial charge in [0, 0.05) is 11.5 Å². The second-order valence-corrected chi connectivity index (χ2v) is 7.10. The van der Waals surface area contributed by atoms with E-state index in [-0.39, 0.29) is 5.82 Å². The average molecular weight is 308 g/mol. The van der Waals surface area contributed by atoms with Gasteiger partial charge in [0.15, 0.2) is 0 Å². The van der Waals surface area contributed by atoms with Crippen molar-refractivity contribution in [3.8, 4) is 5.75 Å². The SMILES string of the molecule is CC[C@H](C)COc1ccc(B2OC(C)(C)C(C)(C)O2)c(F)c1. The van der Waals surface area contributed by atoms with E-state index >= 15 is 0 Å². The largest absolute Gasteiger partial charge is 0.497 e. The number of ether oxygens (including phenoxy) is 1. The Kier molecular flexibility index (Phi) is 4.88.